The van der Waals surface area contributed by atoms with Gasteiger partial charge in [0, 0.05) is 61.0 Å². The summed E-state index contributed by atoms with van der Waals surface area (Å²) in [4.78, 5) is 53.6. The van der Waals surface area contributed by atoms with Crippen LogP contribution in [0, 0.1) is 5.82 Å². The second kappa shape index (κ2) is 13.3. The number of carbonyl (C=O) groups is 3. The first kappa shape index (κ1) is 31.2. The topological polar surface area (TPSA) is 163 Å². The van der Waals surface area contributed by atoms with Crippen LogP contribution < -0.4 is 15.6 Å². The SMILES string of the molecule is O=C(Cn1cc(CN2CCN(c3cc4c(cc3F)c(=O)c(C(=O)O)cn4C3CC3)CC2)nn1)N[C@@H](CSc1ccccc1)C(=O)O. The third-order valence-corrected chi connectivity index (χ3v) is 9.16. The van der Waals surface area contributed by atoms with Crippen molar-refractivity contribution in [3.05, 3.63) is 82.2 Å². The van der Waals surface area contributed by atoms with Crippen molar-refractivity contribution in [2.45, 2.75) is 42.9 Å². The van der Waals surface area contributed by atoms with Crippen molar-refractivity contribution in [3.63, 3.8) is 0 Å². The fourth-order valence-corrected chi connectivity index (χ4v) is 6.47. The van der Waals surface area contributed by atoms with Gasteiger partial charge in [0.05, 0.1) is 23.1 Å². The molecule has 2 aromatic carbocycles. The fourth-order valence-electron chi connectivity index (χ4n) is 5.53. The van der Waals surface area contributed by atoms with E-state index in [2.05, 4.69) is 20.5 Å². The molecule has 1 aliphatic carbocycles. The van der Waals surface area contributed by atoms with Gasteiger partial charge >= 0.3 is 11.9 Å². The molecule has 3 heterocycles. The van der Waals surface area contributed by atoms with Crippen LogP contribution in [-0.2, 0) is 22.7 Å². The number of pyridine rings is 1. The third kappa shape index (κ3) is 7.05. The van der Waals surface area contributed by atoms with Crippen molar-refractivity contribution in [3.8, 4) is 0 Å². The standard InChI is InChI=1S/C31H32FN7O6S/c32-24-12-22-26(39(20-6-7-20)16-23(29(22)41)30(42)43)13-27(24)37-10-8-36(9-11-37)14-19-15-38(35-34-19)17-28(40)33-25(31(44)45)18-46-21-4-2-1-3-5-21/h1-5,12-13,15-16,20,25H,6-11,14,17-18H2,(H,33,40)(H,42,43)(H,44,45)/t25-/m0/s1. The molecule has 3 N–H and O–H groups in total. The van der Waals surface area contributed by atoms with Crippen LogP contribution in [0.2, 0.25) is 0 Å². The molecule has 2 fully saturated rings. The van der Waals surface area contributed by atoms with Crippen molar-refractivity contribution in [2.24, 2.45) is 0 Å². The van der Waals surface area contributed by atoms with Crippen LogP contribution in [0.4, 0.5) is 10.1 Å². The molecule has 0 unspecified atom stereocenters. The normalized spacial score (nSPS) is 16.0. The van der Waals surface area contributed by atoms with Crippen LogP contribution in [0.15, 0.2) is 64.5 Å². The quantitative estimate of drug-likeness (QED) is 0.193. The van der Waals surface area contributed by atoms with Crippen LogP contribution in [0.1, 0.15) is 34.9 Å². The van der Waals surface area contributed by atoms with E-state index in [1.807, 2.05) is 35.2 Å². The number of benzene rings is 2. The highest BCUT2D eigenvalue weighted by atomic mass is 32.2. The Labute approximate surface area is 266 Å². The summed E-state index contributed by atoms with van der Waals surface area (Å²) in [6, 6.07) is 11.2. The number of aromatic nitrogens is 4. The Hall–Kier alpha value is -4.76. The average molecular weight is 650 g/mol. The van der Waals surface area contributed by atoms with Crippen molar-refractivity contribution < 1.29 is 29.0 Å². The Morgan fingerprint density at radius 2 is 1.78 bits per heavy atom. The number of thioether (sulfide) groups is 1. The van der Waals surface area contributed by atoms with Gasteiger partial charge < -0.3 is 25.0 Å². The van der Waals surface area contributed by atoms with Crippen molar-refractivity contribution in [1.82, 2.24) is 29.8 Å². The summed E-state index contributed by atoms with van der Waals surface area (Å²) >= 11 is 1.34. The molecule has 1 aliphatic heterocycles. The lowest BCUT2D eigenvalue weighted by Gasteiger charge is -2.36. The fraction of sp³-hybridized carbons (Fsp3) is 0.355. The number of hydrogen-bond donors (Lipinski definition) is 3. The summed E-state index contributed by atoms with van der Waals surface area (Å²) in [6.45, 7) is 2.49. The Morgan fingerprint density at radius 3 is 2.46 bits per heavy atom. The highest BCUT2D eigenvalue weighted by molar-refractivity contribution is 7.99. The molecule has 0 bridgehead atoms. The number of carboxylic acid groups (broad SMARTS) is 2. The number of aliphatic carboxylic acids is 1. The first-order chi connectivity index (χ1) is 22.2. The summed E-state index contributed by atoms with van der Waals surface area (Å²) in [5, 5.41) is 29.8. The van der Waals surface area contributed by atoms with Crippen molar-refractivity contribution in [2.75, 3.05) is 36.8 Å². The van der Waals surface area contributed by atoms with Gasteiger partial charge in [-0.25, -0.2) is 18.7 Å². The van der Waals surface area contributed by atoms with E-state index < -0.39 is 35.1 Å². The molecule has 4 aromatic rings. The summed E-state index contributed by atoms with van der Waals surface area (Å²) in [5.74, 6) is -3.34. The van der Waals surface area contributed by atoms with Crippen molar-refractivity contribution in [1.29, 1.82) is 0 Å². The lowest BCUT2D eigenvalue weighted by molar-refractivity contribution is -0.141. The molecular weight excluding hydrogens is 617 g/mol. The number of rotatable bonds is 12. The largest absolute Gasteiger partial charge is 0.480 e. The highest BCUT2D eigenvalue weighted by Gasteiger charge is 2.29. The maximum atomic E-state index is 15.3. The monoisotopic (exact) mass is 649 g/mol. The number of piperazine rings is 1. The molecule has 1 atom stereocenters. The number of halogens is 1. The first-order valence-corrected chi connectivity index (χ1v) is 15.8. The number of amides is 1. The summed E-state index contributed by atoms with van der Waals surface area (Å²) in [7, 11) is 0. The Kier molecular flexibility index (Phi) is 9.03. The highest BCUT2D eigenvalue weighted by Crippen LogP contribution is 2.38. The van der Waals surface area contributed by atoms with Gasteiger partial charge in [0.1, 0.15) is 24.0 Å². The van der Waals surface area contributed by atoms with E-state index in [4.69, 9.17) is 0 Å². The molecule has 6 rings (SSSR count). The maximum absolute atomic E-state index is 15.3. The van der Waals surface area contributed by atoms with Gasteiger partial charge in [0.15, 0.2) is 0 Å². The maximum Gasteiger partial charge on any atom is 0.341 e. The van der Waals surface area contributed by atoms with E-state index in [0.29, 0.717) is 49.6 Å². The van der Waals surface area contributed by atoms with E-state index in [1.54, 1.807) is 16.8 Å². The van der Waals surface area contributed by atoms with Crippen molar-refractivity contribution >= 4 is 46.2 Å². The second-order valence-electron chi connectivity index (χ2n) is 11.4. The Bertz CT molecular complexity index is 1840. The van der Waals surface area contributed by atoms with Gasteiger partial charge in [0.2, 0.25) is 11.3 Å². The van der Waals surface area contributed by atoms with Crippen LogP contribution in [0.25, 0.3) is 10.9 Å². The third-order valence-electron chi connectivity index (χ3n) is 8.05. The number of carboxylic acids is 2. The van der Waals surface area contributed by atoms with E-state index in [9.17, 15) is 29.4 Å². The van der Waals surface area contributed by atoms with E-state index in [-0.39, 0.29) is 29.3 Å². The lowest BCUT2D eigenvalue weighted by atomic mass is 10.1. The summed E-state index contributed by atoms with van der Waals surface area (Å²) < 4.78 is 18.5. The van der Waals surface area contributed by atoms with E-state index in [1.165, 1.54) is 22.6 Å². The number of hydrogen-bond acceptors (Lipinski definition) is 9. The van der Waals surface area contributed by atoms with Crippen LogP contribution in [0.3, 0.4) is 0 Å². The number of carbonyl (C=O) groups excluding carboxylic acids is 1. The molecule has 2 aliphatic rings. The van der Waals surface area contributed by atoms with Gasteiger partial charge in [0.25, 0.3) is 0 Å². The van der Waals surface area contributed by atoms with Gasteiger partial charge in [-0.05, 0) is 37.1 Å². The minimum Gasteiger partial charge on any atom is -0.480 e. The predicted octanol–water partition coefficient (Wildman–Crippen LogP) is 2.45. The molecule has 15 heteroatoms. The summed E-state index contributed by atoms with van der Waals surface area (Å²) in [6.07, 6.45) is 4.76. The second-order valence-corrected chi connectivity index (χ2v) is 12.5. The van der Waals surface area contributed by atoms with Gasteiger partial charge in [-0.1, -0.05) is 23.4 Å². The number of aromatic carboxylic acids is 1. The average Bonchev–Trinajstić information content (AvgIpc) is 3.79. The zero-order chi connectivity index (χ0) is 32.4. The smallest absolute Gasteiger partial charge is 0.341 e. The zero-order valence-electron chi connectivity index (χ0n) is 24.7. The molecule has 1 saturated heterocycles. The number of nitrogens with one attached hydrogen (secondary N) is 1. The molecule has 1 amide bonds. The molecule has 240 valence electrons. The van der Waals surface area contributed by atoms with Gasteiger partial charge in [-0.15, -0.1) is 16.9 Å². The molecule has 0 spiro atoms. The molecule has 0 radical (unpaired) electrons. The molecule has 46 heavy (non-hydrogen) atoms. The molecule has 13 nitrogen and oxygen atoms in total. The summed E-state index contributed by atoms with van der Waals surface area (Å²) in [5.41, 5.74) is 0.476. The number of nitrogens with zero attached hydrogens (tertiary/aromatic N) is 6. The minimum absolute atomic E-state index is 0.0630. The predicted molar refractivity (Wildman–Crippen MR) is 168 cm³/mol. The molecule has 1 saturated carbocycles. The molecule has 2 aromatic heterocycles. The zero-order valence-corrected chi connectivity index (χ0v) is 25.5. The van der Waals surface area contributed by atoms with E-state index in [0.717, 1.165) is 23.8 Å². The van der Waals surface area contributed by atoms with Crippen LogP contribution >= 0.6 is 11.8 Å². The van der Waals surface area contributed by atoms with Crippen LogP contribution in [-0.4, -0.2) is 90.5 Å². The molecular formula is C31H32FN7O6S. The van der Waals surface area contributed by atoms with Crippen LogP contribution in [0.5, 0.6) is 0 Å². The van der Waals surface area contributed by atoms with Gasteiger partial charge in [-0.2, -0.15) is 0 Å². The number of fused-ring (bicyclic) bond motifs is 1. The van der Waals surface area contributed by atoms with E-state index >= 15 is 4.39 Å². The first-order valence-electron chi connectivity index (χ1n) is 14.8. The lowest BCUT2D eigenvalue weighted by Crippen LogP contribution is -2.46. The Morgan fingerprint density at radius 1 is 1.04 bits per heavy atom. The number of anilines is 1. The Balaban J connectivity index is 1.04. The van der Waals surface area contributed by atoms with Gasteiger partial charge in [-0.3, -0.25) is 14.5 Å². The minimum atomic E-state index is -1.33.